The first-order valence-corrected chi connectivity index (χ1v) is 5.95. The average Bonchev–Trinajstić information content (AvgIpc) is 2.19. The molecule has 0 spiro atoms. The van der Waals surface area contributed by atoms with Crippen LogP contribution in [-0.4, -0.2) is 17.3 Å². The summed E-state index contributed by atoms with van der Waals surface area (Å²) in [6.07, 6.45) is 2.86. The predicted molar refractivity (Wildman–Crippen MR) is 66.8 cm³/mol. The molecule has 2 nitrogen and oxygen atoms in total. The number of rotatable bonds is 6. The summed E-state index contributed by atoms with van der Waals surface area (Å²) in [5.74, 6) is 0.925. The Balaban J connectivity index is 2.37. The maximum Gasteiger partial charge on any atom is 0.119 e. The highest BCUT2D eigenvalue weighted by Crippen LogP contribution is 2.16. The lowest BCUT2D eigenvalue weighted by Crippen LogP contribution is -2.18. The van der Waals surface area contributed by atoms with Crippen molar-refractivity contribution in [3.8, 4) is 5.75 Å². The number of aliphatic hydroxyl groups is 1. The lowest BCUT2D eigenvalue weighted by atomic mass is 9.99. The van der Waals surface area contributed by atoms with Gasteiger partial charge >= 0.3 is 0 Å². The van der Waals surface area contributed by atoms with Crippen LogP contribution in [-0.2, 0) is 6.42 Å². The van der Waals surface area contributed by atoms with Crippen LogP contribution in [0.25, 0.3) is 0 Å². The largest absolute Gasteiger partial charge is 0.494 e. The SMILES string of the molecule is CCOc1ccc(CCCC(C)(C)O)cc1. The van der Waals surface area contributed by atoms with Gasteiger partial charge in [0, 0.05) is 0 Å². The normalized spacial score (nSPS) is 11.5. The lowest BCUT2D eigenvalue weighted by Gasteiger charge is -2.16. The third-order valence-electron chi connectivity index (χ3n) is 2.49. The third kappa shape index (κ3) is 5.17. The van der Waals surface area contributed by atoms with Crippen LogP contribution in [0.5, 0.6) is 5.75 Å². The lowest BCUT2D eigenvalue weighted by molar-refractivity contribution is 0.0689. The van der Waals surface area contributed by atoms with E-state index in [9.17, 15) is 5.11 Å². The molecule has 90 valence electrons. The Bertz CT molecular complexity index is 296. The molecule has 0 aliphatic carbocycles. The highest BCUT2D eigenvalue weighted by Gasteiger charge is 2.11. The fourth-order valence-corrected chi connectivity index (χ4v) is 1.64. The van der Waals surface area contributed by atoms with Gasteiger partial charge in [0.2, 0.25) is 0 Å². The van der Waals surface area contributed by atoms with Crippen molar-refractivity contribution in [1.82, 2.24) is 0 Å². The first kappa shape index (κ1) is 13.0. The molecule has 16 heavy (non-hydrogen) atoms. The maximum absolute atomic E-state index is 9.59. The second-order valence-corrected chi connectivity index (χ2v) is 4.74. The predicted octanol–water partition coefficient (Wildman–Crippen LogP) is 3.18. The van der Waals surface area contributed by atoms with Gasteiger partial charge in [0.05, 0.1) is 12.2 Å². The smallest absolute Gasteiger partial charge is 0.119 e. The molecule has 0 saturated carbocycles. The van der Waals surface area contributed by atoms with Crippen molar-refractivity contribution in [3.63, 3.8) is 0 Å². The van der Waals surface area contributed by atoms with Crippen LogP contribution in [0.3, 0.4) is 0 Å². The molecule has 2 heteroatoms. The molecule has 0 aliphatic heterocycles. The fourth-order valence-electron chi connectivity index (χ4n) is 1.64. The molecule has 0 saturated heterocycles. The van der Waals surface area contributed by atoms with E-state index in [4.69, 9.17) is 4.74 Å². The van der Waals surface area contributed by atoms with Gasteiger partial charge in [-0.25, -0.2) is 0 Å². The number of hydrogen-bond acceptors (Lipinski definition) is 2. The summed E-state index contributed by atoms with van der Waals surface area (Å²) >= 11 is 0. The van der Waals surface area contributed by atoms with Crippen molar-refractivity contribution in [1.29, 1.82) is 0 Å². The molecule has 1 aromatic rings. The van der Waals surface area contributed by atoms with Gasteiger partial charge in [-0.3, -0.25) is 0 Å². The van der Waals surface area contributed by atoms with E-state index >= 15 is 0 Å². The van der Waals surface area contributed by atoms with Crippen molar-refractivity contribution < 1.29 is 9.84 Å². The van der Waals surface area contributed by atoms with Gasteiger partial charge in [-0.15, -0.1) is 0 Å². The molecule has 1 rings (SSSR count). The average molecular weight is 222 g/mol. The molecule has 0 radical (unpaired) electrons. The zero-order valence-electron chi connectivity index (χ0n) is 10.5. The summed E-state index contributed by atoms with van der Waals surface area (Å²) in [7, 11) is 0. The van der Waals surface area contributed by atoms with E-state index in [-0.39, 0.29) is 0 Å². The number of aryl methyl sites for hydroxylation is 1. The molecule has 0 heterocycles. The van der Waals surface area contributed by atoms with Crippen LogP contribution in [0.1, 0.15) is 39.2 Å². The van der Waals surface area contributed by atoms with E-state index in [1.54, 1.807) is 0 Å². The van der Waals surface area contributed by atoms with Crippen LogP contribution in [0.2, 0.25) is 0 Å². The summed E-state index contributed by atoms with van der Waals surface area (Å²) in [6, 6.07) is 8.19. The summed E-state index contributed by atoms with van der Waals surface area (Å²) in [5, 5.41) is 9.59. The molecule has 0 amide bonds. The topological polar surface area (TPSA) is 29.5 Å². The van der Waals surface area contributed by atoms with E-state index in [2.05, 4.69) is 12.1 Å². The molecule has 0 aromatic heterocycles. The second kappa shape index (κ2) is 5.90. The summed E-state index contributed by atoms with van der Waals surface area (Å²) in [4.78, 5) is 0. The Morgan fingerprint density at radius 3 is 2.31 bits per heavy atom. The first-order valence-electron chi connectivity index (χ1n) is 5.95. The summed E-state index contributed by atoms with van der Waals surface area (Å²) in [5.41, 5.74) is 0.748. The van der Waals surface area contributed by atoms with Gasteiger partial charge in [0.1, 0.15) is 5.75 Å². The molecule has 1 N–H and O–H groups in total. The van der Waals surface area contributed by atoms with Gasteiger partial charge < -0.3 is 9.84 Å². The Kier molecular flexibility index (Phi) is 4.81. The molecule has 0 fully saturated rings. The Morgan fingerprint density at radius 2 is 1.81 bits per heavy atom. The van der Waals surface area contributed by atoms with Crippen LogP contribution in [0.4, 0.5) is 0 Å². The van der Waals surface area contributed by atoms with E-state index in [1.165, 1.54) is 5.56 Å². The van der Waals surface area contributed by atoms with Crippen molar-refractivity contribution in [3.05, 3.63) is 29.8 Å². The molecule has 0 unspecified atom stereocenters. The molecule has 0 aliphatic rings. The standard InChI is InChI=1S/C14H22O2/c1-4-16-13-9-7-12(8-10-13)6-5-11-14(2,3)15/h7-10,15H,4-6,11H2,1-3H3. The number of ether oxygens (including phenoxy) is 1. The van der Waals surface area contributed by atoms with E-state index in [0.717, 1.165) is 25.0 Å². The molecule has 0 bridgehead atoms. The summed E-state index contributed by atoms with van der Waals surface area (Å²) < 4.78 is 5.38. The van der Waals surface area contributed by atoms with Gasteiger partial charge in [0.15, 0.2) is 0 Å². The van der Waals surface area contributed by atoms with E-state index in [0.29, 0.717) is 6.61 Å². The Hall–Kier alpha value is -1.02. The van der Waals surface area contributed by atoms with Gasteiger partial charge in [0.25, 0.3) is 0 Å². The van der Waals surface area contributed by atoms with E-state index < -0.39 is 5.60 Å². The van der Waals surface area contributed by atoms with Gasteiger partial charge in [-0.2, -0.15) is 0 Å². The van der Waals surface area contributed by atoms with Crippen LogP contribution < -0.4 is 4.74 Å². The molecule has 1 aromatic carbocycles. The minimum atomic E-state index is -0.550. The monoisotopic (exact) mass is 222 g/mol. The van der Waals surface area contributed by atoms with E-state index in [1.807, 2.05) is 32.9 Å². The highest BCUT2D eigenvalue weighted by atomic mass is 16.5. The van der Waals surface area contributed by atoms with Gasteiger partial charge in [-0.1, -0.05) is 12.1 Å². The molecular weight excluding hydrogens is 200 g/mol. The minimum absolute atomic E-state index is 0.550. The van der Waals surface area contributed by atoms with Gasteiger partial charge in [-0.05, 0) is 57.7 Å². The number of benzene rings is 1. The third-order valence-corrected chi connectivity index (χ3v) is 2.49. The van der Waals surface area contributed by atoms with Crippen molar-refractivity contribution in [2.24, 2.45) is 0 Å². The van der Waals surface area contributed by atoms with Crippen molar-refractivity contribution in [2.75, 3.05) is 6.61 Å². The Morgan fingerprint density at radius 1 is 1.19 bits per heavy atom. The van der Waals surface area contributed by atoms with Crippen LogP contribution >= 0.6 is 0 Å². The summed E-state index contributed by atoms with van der Waals surface area (Å²) in [6.45, 7) is 6.39. The van der Waals surface area contributed by atoms with Crippen molar-refractivity contribution in [2.45, 2.75) is 45.6 Å². The van der Waals surface area contributed by atoms with Crippen LogP contribution in [0, 0.1) is 0 Å². The fraction of sp³-hybridized carbons (Fsp3) is 0.571. The van der Waals surface area contributed by atoms with Crippen LogP contribution in [0.15, 0.2) is 24.3 Å². The minimum Gasteiger partial charge on any atom is -0.494 e. The molecular formula is C14H22O2. The van der Waals surface area contributed by atoms with Crippen molar-refractivity contribution >= 4 is 0 Å². The molecule has 0 atom stereocenters. The zero-order valence-corrected chi connectivity index (χ0v) is 10.5. The highest BCUT2D eigenvalue weighted by molar-refractivity contribution is 5.27. The second-order valence-electron chi connectivity index (χ2n) is 4.74. The number of hydrogen-bond donors (Lipinski definition) is 1. The Labute approximate surface area is 98.3 Å². The quantitative estimate of drug-likeness (QED) is 0.801. The maximum atomic E-state index is 9.59. The zero-order chi connectivity index (χ0) is 12.0. The first-order chi connectivity index (χ1) is 7.51.